The SMILES string of the molecule is CCNC(=O)c1cccc(NC(=O)CSc2ccc(F)cc2)c1. The first-order chi connectivity index (χ1) is 11.1. The lowest BCUT2D eigenvalue weighted by Crippen LogP contribution is -2.23. The second-order valence-corrected chi connectivity index (χ2v) is 5.78. The number of carbonyl (C=O) groups is 2. The van der Waals surface area contributed by atoms with E-state index in [1.165, 1.54) is 23.9 Å². The molecule has 0 unspecified atom stereocenters. The number of nitrogens with one attached hydrogen (secondary N) is 2. The molecule has 6 heteroatoms. The Morgan fingerprint density at radius 2 is 1.87 bits per heavy atom. The molecule has 2 amide bonds. The molecule has 0 aliphatic heterocycles. The summed E-state index contributed by atoms with van der Waals surface area (Å²) in [7, 11) is 0. The summed E-state index contributed by atoms with van der Waals surface area (Å²) in [5, 5.41) is 5.45. The van der Waals surface area contributed by atoms with Gasteiger partial charge < -0.3 is 10.6 Å². The number of rotatable bonds is 6. The zero-order valence-electron chi connectivity index (χ0n) is 12.6. The molecule has 2 aromatic rings. The lowest BCUT2D eigenvalue weighted by molar-refractivity contribution is -0.113. The Labute approximate surface area is 138 Å². The molecule has 2 aromatic carbocycles. The Balaban J connectivity index is 1.91. The van der Waals surface area contributed by atoms with E-state index in [0.29, 0.717) is 17.8 Å². The van der Waals surface area contributed by atoms with Crippen LogP contribution < -0.4 is 10.6 Å². The predicted molar refractivity (Wildman–Crippen MR) is 90.2 cm³/mol. The van der Waals surface area contributed by atoms with Crippen LogP contribution in [0.1, 0.15) is 17.3 Å². The van der Waals surface area contributed by atoms with Crippen LogP contribution in [0.5, 0.6) is 0 Å². The Kier molecular flexibility index (Phi) is 6.17. The van der Waals surface area contributed by atoms with Gasteiger partial charge in [0.05, 0.1) is 5.75 Å². The highest BCUT2D eigenvalue weighted by molar-refractivity contribution is 8.00. The number of carbonyl (C=O) groups excluding carboxylic acids is 2. The van der Waals surface area contributed by atoms with Crippen LogP contribution in [0.2, 0.25) is 0 Å². The second kappa shape index (κ2) is 8.33. The molecule has 120 valence electrons. The van der Waals surface area contributed by atoms with E-state index in [0.717, 1.165) is 4.90 Å². The van der Waals surface area contributed by atoms with Gasteiger partial charge in [0.1, 0.15) is 5.82 Å². The van der Waals surface area contributed by atoms with Gasteiger partial charge in [-0.25, -0.2) is 4.39 Å². The molecule has 0 fully saturated rings. The van der Waals surface area contributed by atoms with Crippen molar-refractivity contribution in [2.75, 3.05) is 17.6 Å². The second-order valence-electron chi connectivity index (χ2n) is 4.73. The standard InChI is InChI=1S/C17H17FN2O2S/c1-2-19-17(22)12-4-3-5-14(10-12)20-16(21)11-23-15-8-6-13(18)7-9-15/h3-10H,2,11H2,1H3,(H,19,22)(H,20,21). The summed E-state index contributed by atoms with van der Waals surface area (Å²) in [5.41, 5.74) is 1.06. The van der Waals surface area contributed by atoms with Gasteiger partial charge in [-0.2, -0.15) is 0 Å². The van der Waals surface area contributed by atoms with Crippen molar-refractivity contribution < 1.29 is 14.0 Å². The van der Waals surface area contributed by atoms with E-state index in [-0.39, 0.29) is 23.4 Å². The fourth-order valence-electron chi connectivity index (χ4n) is 1.88. The summed E-state index contributed by atoms with van der Waals surface area (Å²) in [6.45, 7) is 2.39. The number of halogens is 1. The molecule has 0 spiro atoms. The van der Waals surface area contributed by atoms with Crippen molar-refractivity contribution in [2.45, 2.75) is 11.8 Å². The number of hydrogen-bond donors (Lipinski definition) is 2. The summed E-state index contributed by atoms with van der Waals surface area (Å²) >= 11 is 1.32. The monoisotopic (exact) mass is 332 g/mol. The highest BCUT2D eigenvalue weighted by Crippen LogP contribution is 2.18. The van der Waals surface area contributed by atoms with Crippen LogP contribution in [0.25, 0.3) is 0 Å². The normalized spacial score (nSPS) is 10.2. The topological polar surface area (TPSA) is 58.2 Å². The molecule has 0 saturated carbocycles. The molecule has 2 rings (SSSR count). The minimum Gasteiger partial charge on any atom is -0.352 e. The molecule has 0 aromatic heterocycles. The van der Waals surface area contributed by atoms with Gasteiger partial charge in [0.15, 0.2) is 0 Å². The Morgan fingerprint density at radius 1 is 1.13 bits per heavy atom. The van der Waals surface area contributed by atoms with E-state index >= 15 is 0 Å². The molecule has 0 radical (unpaired) electrons. The van der Waals surface area contributed by atoms with Crippen LogP contribution >= 0.6 is 11.8 Å². The summed E-state index contributed by atoms with van der Waals surface area (Å²) in [6, 6.07) is 12.7. The third-order valence-electron chi connectivity index (χ3n) is 2.93. The summed E-state index contributed by atoms with van der Waals surface area (Å²) < 4.78 is 12.8. The quantitative estimate of drug-likeness (QED) is 0.798. The number of amides is 2. The minimum atomic E-state index is -0.305. The van der Waals surface area contributed by atoms with Crippen molar-refractivity contribution >= 4 is 29.3 Å². The summed E-state index contributed by atoms with van der Waals surface area (Å²) in [4.78, 5) is 24.5. The highest BCUT2D eigenvalue weighted by atomic mass is 32.2. The zero-order chi connectivity index (χ0) is 16.7. The fraction of sp³-hybridized carbons (Fsp3) is 0.176. The highest BCUT2D eigenvalue weighted by Gasteiger charge is 2.07. The van der Waals surface area contributed by atoms with Crippen LogP contribution in [-0.4, -0.2) is 24.1 Å². The van der Waals surface area contributed by atoms with Crippen molar-refractivity contribution in [1.29, 1.82) is 0 Å². The lowest BCUT2D eigenvalue weighted by atomic mass is 10.2. The molecule has 0 aliphatic rings. The van der Waals surface area contributed by atoms with E-state index in [9.17, 15) is 14.0 Å². The van der Waals surface area contributed by atoms with Crippen molar-refractivity contribution in [3.8, 4) is 0 Å². The van der Waals surface area contributed by atoms with Crippen molar-refractivity contribution in [2.24, 2.45) is 0 Å². The van der Waals surface area contributed by atoms with Crippen LogP contribution in [-0.2, 0) is 4.79 Å². The molecular weight excluding hydrogens is 315 g/mol. The molecule has 0 heterocycles. The van der Waals surface area contributed by atoms with Crippen LogP contribution in [0.4, 0.5) is 10.1 Å². The maximum absolute atomic E-state index is 12.8. The third kappa shape index (κ3) is 5.41. The first-order valence-electron chi connectivity index (χ1n) is 7.15. The lowest BCUT2D eigenvalue weighted by Gasteiger charge is -2.07. The van der Waals surface area contributed by atoms with Gasteiger partial charge in [-0.3, -0.25) is 9.59 Å². The van der Waals surface area contributed by atoms with Gasteiger partial charge in [-0.05, 0) is 49.4 Å². The number of hydrogen-bond acceptors (Lipinski definition) is 3. The molecule has 2 N–H and O–H groups in total. The maximum Gasteiger partial charge on any atom is 0.251 e. The van der Waals surface area contributed by atoms with Gasteiger partial charge in [0.25, 0.3) is 5.91 Å². The summed E-state index contributed by atoms with van der Waals surface area (Å²) in [5.74, 6) is -0.463. The predicted octanol–water partition coefficient (Wildman–Crippen LogP) is 3.31. The molecule has 0 atom stereocenters. The number of thioether (sulfide) groups is 1. The first kappa shape index (κ1) is 17.0. The van der Waals surface area contributed by atoms with Gasteiger partial charge >= 0.3 is 0 Å². The van der Waals surface area contributed by atoms with Crippen LogP contribution in [0, 0.1) is 5.82 Å². The largest absolute Gasteiger partial charge is 0.352 e. The van der Waals surface area contributed by atoms with Crippen LogP contribution in [0.3, 0.4) is 0 Å². The molecular formula is C17H17FN2O2S. The maximum atomic E-state index is 12.8. The van der Waals surface area contributed by atoms with Gasteiger partial charge in [-0.15, -0.1) is 11.8 Å². The van der Waals surface area contributed by atoms with Crippen molar-refractivity contribution in [3.05, 3.63) is 59.9 Å². The molecule has 23 heavy (non-hydrogen) atoms. The summed E-state index contributed by atoms with van der Waals surface area (Å²) in [6.07, 6.45) is 0. The zero-order valence-corrected chi connectivity index (χ0v) is 13.5. The first-order valence-corrected chi connectivity index (χ1v) is 8.13. The van der Waals surface area contributed by atoms with Gasteiger partial charge in [-0.1, -0.05) is 6.07 Å². The van der Waals surface area contributed by atoms with E-state index in [1.807, 2.05) is 6.92 Å². The van der Waals surface area contributed by atoms with Crippen molar-refractivity contribution in [3.63, 3.8) is 0 Å². The van der Waals surface area contributed by atoms with Gasteiger partial charge in [0.2, 0.25) is 5.91 Å². The van der Waals surface area contributed by atoms with Crippen molar-refractivity contribution in [1.82, 2.24) is 5.32 Å². The van der Waals surface area contributed by atoms with E-state index in [4.69, 9.17) is 0 Å². The van der Waals surface area contributed by atoms with E-state index in [1.54, 1.807) is 36.4 Å². The Hall–Kier alpha value is -2.34. The van der Waals surface area contributed by atoms with Crippen LogP contribution in [0.15, 0.2) is 53.4 Å². The molecule has 0 aliphatic carbocycles. The smallest absolute Gasteiger partial charge is 0.251 e. The van der Waals surface area contributed by atoms with Gasteiger partial charge in [0, 0.05) is 22.7 Å². The Bertz CT molecular complexity index is 689. The fourth-order valence-corrected chi connectivity index (χ4v) is 2.58. The molecule has 4 nitrogen and oxygen atoms in total. The number of anilines is 1. The average Bonchev–Trinajstić information content (AvgIpc) is 2.55. The van der Waals surface area contributed by atoms with E-state index < -0.39 is 0 Å². The minimum absolute atomic E-state index is 0.177. The Morgan fingerprint density at radius 3 is 2.57 bits per heavy atom. The van der Waals surface area contributed by atoms with E-state index in [2.05, 4.69) is 10.6 Å². The molecule has 0 bridgehead atoms. The average molecular weight is 332 g/mol. The number of benzene rings is 2. The molecule has 0 saturated heterocycles. The third-order valence-corrected chi connectivity index (χ3v) is 3.94.